The zero-order valence-corrected chi connectivity index (χ0v) is 11.7. The van der Waals surface area contributed by atoms with Crippen LogP contribution in [0, 0.1) is 5.92 Å². The lowest BCUT2D eigenvalue weighted by atomic mass is 9.99. The second-order valence-electron chi connectivity index (χ2n) is 5.60. The minimum absolute atomic E-state index is 0.696. The first kappa shape index (κ1) is 14.3. The Morgan fingerprint density at radius 3 is 2.72 bits per heavy atom. The Bertz CT molecular complexity index is 214. The lowest BCUT2D eigenvalue weighted by Gasteiger charge is -2.31. The summed E-state index contributed by atoms with van der Waals surface area (Å²) in [6, 6.07) is 0.696. The van der Waals surface area contributed by atoms with E-state index in [0.29, 0.717) is 6.04 Å². The van der Waals surface area contributed by atoms with Gasteiger partial charge in [0.2, 0.25) is 0 Å². The van der Waals surface area contributed by atoms with Gasteiger partial charge < -0.3 is 14.8 Å². The predicted molar refractivity (Wildman–Crippen MR) is 72.9 cm³/mol. The number of nitrogens with zero attached hydrogens (tertiary/aromatic N) is 1. The summed E-state index contributed by atoms with van der Waals surface area (Å²) in [5.41, 5.74) is 0. The van der Waals surface area contributed by atoms with Crippen LogP contribution in [0.2, 0.25) is 0 Å². The number of hydrogen-bond acceptors (Lipinski definition) is 4. The summed E-state index contributed by atoms with van der Waals surface area (Å²) in [5, 5.41) is 3.59. The number of ether oxygens (including phenoxy) is 2. The van der Waals surface area contributed by atoms with Crippen molar-refractivity contribution in [1.29, 1.82) is 0 Å². The second kappa shape index (κ2) is 8.10. The average molecular weight is 256 g/mol. The molecule has 0 aromatic rings. The Hall–Kier alpha value is -0.160. The average Bonchev–Trinajstić information content (AvgIpc) is 2.90. The van der Waals surface area contributed by atoms with Gasteiger partial charge in [0.15, 0.2) is 0 Å². The molecule has 2 rings (SSSR count). The molecule has 0 saturated carbocycles. The third kappa shape index (κ3) is 4.84. The highest BCUT2D eigenvalue weighted by Crippen LogP contribution is 2.17. The van der Waals surface area contributed by atoms with Gasteiger partial charge in [-0.15, -0.1) is 0 Å². The predicted octanol–water partition coefficient (Wildman–Crippen LogP) is 1.11. The van der Waals surface area contributed by atoms with Gasteiger partial charge in [-0.3, -0.25) is 4.90 Å². The smallest absolute Gasteiger partial charge is 0.0589 e. The number of nitrogens with one attached hydrogen (secondary N) is 1. The highest BCUT2D eigenvalue weighted by molar-refractivity contribution is 4.79. The third-order valence-corrected chi connectivity index (χ3v) is 4.11. The van der Waals surface area contributed by atoms with Crippen LogP contribution < -0.4 is 5.32 Å². The third-order valence-electron chi connectivity index (χ3n) is 4.11. The fraction of sp³-hybridized carbons (Fsp3) is 1.00. The summed E-state index contributed by atoms with van der Waals surface area (Å²) in [6.07, 6.45) is 5.11. The maximum Gasteiger partial charge on any atom is 0.0589 e. The SMILES string of the molecule is COCCN(CC1CCOCC1)CC1CCCN1. The van der Waals surface area contributed by atoms with Crippen LogP contribution in [0.15, 0.2) is 0 Å². The van der Waals surface area contributed by atoms with E-state index in [0.717, 1.165) is 32.3 Å². The number of hydrogen-bond donors (Lipinski definition) is 1. The largest absolute Gasteiger partial charge is 0.383 e. The van der Waals surface area contributed by atoms with Gasteiger partial charge in [0.25, 0.3) is 0 Å². The van der Waals surface area contributed by atoms with E-state index in [-0.39, 0.29) is 0 Å². The molecule has 106 valence electrons. The number of methoxy groups -OCH3 is 1. The first-order valence-corrected chi connectivity index (χ1v) is 7.41. The van der Waals surface area contributed by atoms with Crippen LogP contribution in [0.3, 0.4) is 0 Å². The van der Waals surface area contributed by atoms with Crippen molar-refractivity contribution in [2.45, 2.75) is 31.7 Å². The number of rotatable bonds is 7. The first-order valence-electron chi connectivity index (χ1n) is 7.41. The van der Waals surface area contributed by atoms with E-state index in [1.807, 2.05) is 0 Å². The van der Waals surface area contributed by atoms with Crippen LogP contribution in [0.1, 0.15) is 25.7 Å². The zero-order chi connectivity index (χ0) is 12.6. The van der Waals surface area contributed by atoms with E-state index >= 15 is 0 Å². The van der Waals surface area contributed by atoms with Gasteiger partial charge in [-0.2, -0.15) is 0 Å². The Balaban J connectivity index is 1.74. The molecule has 4 heteroatoms. The molecule has 0 aromatic heterocycles. The van der Waals surface area contributed by atoms with Crippen molar-refractivity contribution in [2.75, 3.05) is 53.1 Å². The fourth-order valence-corrected chi connectivity index (χ4v) is 3.00. The molecule has 0 aromatic carbocycles. The molecule has 2 saturated heterocycles. The first-order chi connectivity index (χ1) is 8.88. The lowest BCUT2D eigenvalue weighted by Crippen LogP contribution is -2.42. The van der Waals surface area contributed by atoms with Gasteiger partial charge in [-0.1, -0.05) is 0 Å². The Morgan fingerprint density at radius 2 is 2.06 bits per heavy atom. The molecular formula is C14H28N2O2. The van der Waals surface area contributed by atoms with Crippen LogP contribution in [-0.2, 0) is 9.47 Å². The molecule has 0 bridgehead atoms. The summed E-state index contributed by atoms with van der Waals surface area (Å²) in [4.78, 5) is 2.59. The molecule has 1 unspecified atom stereocenters. The molecule has 0 radical (unpaired) electrons. The van der Waals surface area contributed by atoms with Gasteiger partial charge in [0.1, 0.15) is 0 Å². The van der Waals surface area contributed by atoms with Crippen molar-refractivity contribution >= 4 is 0 Å². The maximum atomic E-state index is 5.44. The van der Waals surface area contributed by atoms with Gasteiger partial charge in [-0.25, -0.2) is 0 Å². The Morgan fingerprint density at radius 1 is 1.22 bits per heavy atom. The molecule has 2 heterocycles. The summed E-state index contributed by atoms with van der Waals surface area (Å²) in [7, 11) is 1.79. The van der Waals surface area contributed by atoms with Gasteiger partial charge in [0, 0.05) is 46.0 Å². The standard InChI is InChI=1S/C14H28N2O2/c1-17-10-7-16(12-14-3-2-6-15-14)11-13-4-8-18-9-5-13/h13-15H,2-12H2,1H3. The molecule has 2 aliphatic rings. The summed E-state index contributed by atoms with van der Waals surface area (Å²) < 4.78 is 10.7. The van der Waals surface area contributed by atoms with Gasteiger partial charge >= 0.3 is 0 Å². The van der Waals surface area contributed by atoms with Crippen molar-refractivity contribution < 1.29 is 9.47 Å². The van der Waals surface area contributed by atoms with Crippen LogP contribution in [0.25, 0.3) is 0 Å². The monoisotopic (exact) mass is 256 g/mol. The zero-order valence-electron chi connectivity index (χ0n) is 11.7. The molecule has 1 N–H and O–H groups in total. The van der Waals surface area contributed by atoms with Crippen LogP contribution in [0.5, 0.6) is 0 Å². The molecular weight excluding hydrogens is 228 g/mol. The molecule has 18 heavy (non-hydrogen) atoms. The van der Waals surface area contributed by atoms with E-state index in [4.69, 9.17) is 9.47 Å². The van der Waals surface area contributed by atoms with Crippen molar-refractivity contribution in [3.63, 3.8) is 0 Å². The molecule has 2 fully saturated rings. The van der Waals surface area contributed by atoms with Crippen molar-refractivity contribution in [3.8, 4) is 0 Å². The van der Waals surface area contributed by atoms with Crippen LogP contribution in [0.4, 0.5) is 0 Å². The topological polar surface area (TPSA) is 33.7 Å². The lowest BCUT2D eigenvalue weighted by molar-refractivity contribution is 0.0466. The molecule has 4 nitrogen and oxygen atoms in total. The molecule has 2 aliphatic heterocycles. The normalized spacial score (nSPS) is 26.0. The van der Waals surface area contributed by atoms with E-state index in [1.54, 1.807) is 7.11 Å². The van der Waals surface area contributed by atoms with Crippen LogP contribution >= 0.6 is 0 Å². The van der Waals surface area contributed by atoms with Crippen molar-refractivity contribution in [2.24, 2.45) is 5.92 Å². The van der Waals surface area contributed by atoms with Crippen LogP contribution in [-0.4, -0.2) is 64.1 Å². The summed E-state index contributed by atoms with van der Waals surface area (Å²) >= 11 is 0. The van der Waals surface area contributed by atoms with Crippen molar-refractivity contribution in [3.05, 3.63) is 0 Å². The van der Waals surface area contributed by atoms with Crippen molar-refractivity contribution in [1.82, 2.24) is 10.2 Å². The minimum atomic E-state index is 0.696. The Kier molecular flexibility index (Phi) is 6.41. The molecule has 0 amide bonds. The minimum Gasteiger partial charge on any atom is -0.383 e. The quantitative estimate of drug-likeness (QED) is 0.740. The molecule has 1 atom stereocenters. The highest BCUT2D eigenvalue weighted by Gasteiger charge is 2.21. The van der Waals surface area contributed by atoms with Gasteiger partial charge in [-0.05, 0) is 38.1 Å². The van der Waals surface area contributed by atoms with E-state index in [2.05, 4.69) is 10.2 Å². The Labute approximate surface area is 111 Å². The highest BCUT2D eigenvalue weighted by atomic mass is 16.5. The van der Waals surface area contributed by atoms with E-state index < -0.39 is 0 Å². The molecule has 0 aliphatic carbocycles. The molecule has 0 spiro atoms. The second-order valence-corrected chi connectivity index (χ2v) is 5.60. The van der Waals surface area contributed by atoms with E-state index in [9.17, 15) is 0 Å². The fourth-order valence-electron chi connectivity index (χ4n) is 3.00. The maximum absolute atomic E-state index is 5.44. The summed E-state index contributed by atoms with van der Waals surface area (Å²) in [5.74, 6) is 0.817. The van der Waals surface area contributed by atoms with E-state index in [1.165, 1.54) is 45.3 Å². The summed E-state index contributed by atoms with van der Waals surface area (Å²) in [6.45, 7) is 7.39. The van der Waals surface area contributed by atoms with Gasteiger partial charge in [0.05, 0.1) is 6.61 Å².